The number of amides is 9. The Morgan fingerprint density at radius 1 is 0.532 bits per heavy atom. The minimum atomic E-state index is -1.83. The second kappa shape index (κ2) is 35.1. The van der Waals surface area contributed by atoms with E-state index in [2.05, 4.69) is 57.8 Å². The maximum absolute atomic E-state index is 14.1. The molecular formula is C48H80N16O15. The molecule has 0 fully saturated rings. The Morgan fingerprint density at radius 3 is 1.46 bits per heavy atom. The number of hydrogen-bond acceptors (Lipinski definition) is 16. The van der Waals surface area contributed by atoms with Gasteiger partial charge in [0.05, 0.1) is 32.2 Å². The quantitative estimate of drug-likeness (QED) is 0.0169. The number of carbonyl (C=O) groups is 11. The highest BCUT2D eigenvalue weighted by atomic mass is 16.4. The van der Waals surface area contributed by atoms with E-state index in [0.29, 0.717) is 12.0 Å². The number of rotatable bonds is 36. The first-order chi connectivity index (χ1) is 36.9. The van der Waals surface area contributed by atoms with Crippen LogP contribution in [0.3, 0.4) is 0 Å². The zero-order valence-corrected chi connectivity index (χ0v) is 45.2. The number of nitrogens with one attached hydrogen (secondary N) is 9. The number of aliphatic carboxylic acids is 2. The second-order valence-electron chi connectivity index (χ2n) is 19.4. The third-order valence-electron chi connectivity index (χ3n) is 11.4. The first-order valence-corrected chi connectivity index (χ1v) is 25.3. The molecule has 0 bridgehead atoms. The van der Waals surface area contributed by atoms with Crippen molar-refractivity contribution in [3.05, 3.63) is 29.8 Å². The normalized spacial score (nSPS) is 14.0. The highest BCUT2D eigenvalue weighted by Gasteiger charge is 2.36. The zero-order chi connectivity index (χ0) is 60.1. The summed E-state index contributed by atoms with van der Waals surface area (Å²) in [6.07, 6.45) is -0.479. The Kier molecular flexibility index (Phi) is 30.5. The Balaban J connectivity index is 3.21. The van der Waals surface area contributed by atoms with E-state index in [-0.39, 0.29) is 68.8 Å². The summed E-state index contributed by atoms with van der Waals surface area (Å²) in [4.78, 5) is 151. The van der Waals surface area contributed by atoms with Crippen molar-refractivity contribution in [1.82, 2.24) is 47.9 Å². The number of nitrogens with two attached hydrogens (primary N) is 5. The molecule has 0 unspecified atom stereocenters. The highest BCUT2D eigenvalue weighted by Crippen LogP contribution is 2.14. The molecule has 0 aliphatic heterocycles. The van der Waals surface area contributed by atoms with E-state index in [1.807, 2.05) is 0 Å². The largest absolute Gasteiger partial charge is 0.508 e. The van der Waals surface area contributed by atoms with E-state index < -0.39 is 151 Å². The van der Waals surface area contributed by atoms with Gasteiger partial charge in [-0.3, -0.25) is 57.9 Å². The van der Waals surface area contributed by atoms with Gasteiger partial charge in [0, 0.05) is 19.5 Å². The number of aliphatic hydroxyl groups excluding tert-OH is 1. The van der Waals surface area contributed by atoms with Crippen LogP contribution in [0.4, 0.5) is 0 Å². The monoisotopic (exact) mass is 1120 g/mol. The molecule has 0 spiro atoms. The second-order valence-corrected chi connectivity index (χ2v) is 19.4. The average molecular weight is 1120 g/mol. The van der Waals surface area contributed by atoms with Crippen molar-refractivity contribution in [1.29, 1.82) is 0 Å². The number of aliphatic imine (C=N–C) groups is 2. The molecule has 31 nitrogen and oxygen atoms in total. The lowest BCUT2D eigenvalue weighted by atomic mass is 9.98. The first kappa shape index (κ1) is 68.7. The van der Waals surface area contributed by atoms with Gasteiger partial charge in [-0.2, -0.15) is 0 Å². The fraction of sp³-hybridized carbons (Fsp3) is 0.604. The van der Waals surface area contributed by atoms with Gasteiger partial charge in [-0.1, -0.05) is 53.7 Å². The summed E-state index contributed by atoms with van der Waals surface area (Å²) in [6.45, 7) is 7.47. The molecule has 1 aromatic rings. The van der Waals surface area contributed by atoms with Gasteiger partial charge in [0.25, 0.3) is 0 Å². The first-order valence-electron chi connectivity index (χ1n) is 25.3. The smallest absolute Gasteiger partial charge is 0.326 e. The maximum atomic E-state index is 14.1. The van der Waals surface area contributed by atoms with Crippen LogP contribution in [0.2, 0.25) is 0 Å². The molecule has 1 rings (SSSR count). The Labute approximate surface area is 456 Å². The number of carboxylic acid groups (broad SMARTS) is 2. The predicted octanol–water partition coefficient (Wildman–Crippen LogP) is -6.10. The number of aromatic hydroxyl groups is 1. The Morgan fingerprint density at radius 2 is 0.975 bits per heavy atom. The van der Waals surface area contributed by atoms with Crippen LogP contribution in [-0.4, -0.2) is 179 Å². The van der Waals surface area contributed by atoms with Gasteiger partial charge in [0.1, 0.15) is 48.0 Å². The molecule has 31 heteroatoms. The fourth-order valence-corrected chi connectivity index (χ4v) is 7.22. The van der Waals surface area contributed by atoms with Crippen LogP contribution in [-0.2, 0) is 59.2 Å². The number of carbonyl (C=O) groups excluding carboxylic acids is 9. The van der Waals surface area contributed by atoms with E-state index in [1.165, 1.54) is 38.1 Å². The number of aliphatic hydroxyl groups is 1. The summed E-state index contributed by atoms with van der Waals surface area (Å²) in [5, 5.41) is 60.6. The predicted molar refractivity (Wildman–Crippen MR) is 285 cm³/mol. The van der Waals surface area contributed by atoms with E-state index in [4.69, 9.17) is 28.7 Å². The van der Waals surface area contributed by atoms with Crippen LogP contribution in [0.1, 0.15) is 85.6 Å². The lowest BCUT2D eigenvalue weighted by Gasteiger charge is -2.29. The molecule has 9 amide bonds. The van der Waals surface area contributed by atoms with Crippen molar-refractivity contribution in [3.63, 3.8) is 0 Å². The number of phenols is 1. The lowest BCUT2D eigenvalue weighted by molar-refractivity contribution is -0.142. The van der Waals surface area contributed by atoms with Crippen LogP contribution in [0.25, 0.3) is 0 Å². The van der Waals surface area contributed by atoms with Crippen molar-refractivity contribution in [2.45, 2.75) is 135 Å². The number of guanidine groups is 2. The number of benzene rings is 1. The summed E-state index contributed by atoms with van der Waals surface area (Å²) in [5.41, 5.74) is 27.4. The van der Waals surface area contributed by atoms with Gasteiger partial charge in [0.15, 0.2) is 11.9 Å². The third kappa shape index (κ3) is 27.5. The van der Waals surface area contributed by atoms with Crippen LogP contribution in [0, 0.1) is 17.8 Å². The van der Waals surface area contributed by atoms with Gasteiger partial charge >= 0.3 is 11.9 Å². The molecule has 0 heterocycles. The molecule has 79 heavy (non-hydrogen) atoms. The molecule has 0 saturated heterocycles. The summed E-state index contributed by atoms with van der Waals surface area (Å²) in [7, 11) is 0. The highest BCUT2D eigenvalue weighted by molar-refractivity contribution is 5.98. The van der Waals surface area contributed by atoms with E-state index in [1.54, 1.807) is 27.7 Å². The number of carboxylic acids is 2. The van der Waals surface area contributed by atoms with Crippen LogP contribution < -0.4 is 76.5 Å². The van der Waals surface area contributed by atoms with Gasteiger partial charge in [-0.05, 0) is 67.6 Å². The average Bonchev–Trinajstić information content (AvgIpc) is 3.35. The Hall–Kier alpha value is -8.35. The fourth-order valence-electron chi connectivity index (χ4n) is 7.22. The SMILES string of the molecule is CC(C)C[C@H](NC(=O)CNC(=O)[C@H](Cc1ccc(O)cc1)NC(=O)[C@@H](NC(=O)[C@@H](NC(=O)[C@H](CO)NC(=O)[C@H](CC(=O)O)NC(=O)CNC(=O)[C@@H](N)CCCN=C(N)N)C(C)C)C(C)C)C(=O)N[C@@H](CCCN=C(N)N)C(=O)O. The molecule has 1 aromatic carbocycles. The van der Waals surface area contributed by atoms with Crippen LogP contribution in [0.15, 0.2) is 34.3 Å². The summed E-state index contributed by atoms with van der Waals surface area (Å²) >= 11 is 0. The van der Waals surface area contributed by atoms with Crippen molar-refractivity contribution in [2.75, 3.05) is 32.8 Å². The number of hydrogen-bond donors (Lipinski definition) is 18. The molecule has 0 aliphatic rings. The zero-order valence-electron chi connectivity index (χ0n) is 45.2. The van der Waals surface area contributed by atoms with Crippen molar-refractivity contribution >= 4 is 77.0 Å². The van der Waals surface area contributed by atoms with Crippen molar-refractivity contribution in [2.24, 2.45) is 56.4 Å². The minimum absolute atomic E-state index is 0.0347. The van der Waals surface area contributed by atoms with Crippen molar-refractivity contribution < 1.29 is 73.2 Å². The van der Waals surface area contributed by atoms with E-state index in [9.17, 15) is 73.2 Å². The van der Waals surface area contributed by atoms with E-state index in [0.717, 1.165) is 0 Å². The number of phenolic OH excluding ortho intramolecular Hbond substituents is 1. The topological polar surface area (TPSA) is 532 Å². The molecule has 0 radical (unpaired) electrons. The van der Waals surface area contributed by atoms with Crippen molar-refractivity contribution in [3.8, 4) is 5.75 Å². The molecule has 8 atom stereocenters. The van der Waals surface area contributed by atoms with Gasteiger partial charge in [-0.15, -0.1) is 0 Å². The van der Waals surface area contributed by atoms with Gasteiger partial charge < -0.3 is 96.9 Å². The van der Waals surface area contributed by atoms with Crippen LogP contribution in [0.5, 0.6) is 5.75 Å². The van der Waals surface area contributed by atoms with Gasteiger partial charge in [-0.25, -0.2) is 4.79 Å². The van der Waals surface area contributed by atoms with Gasteiger partial charge in [0.2, 0.25) is 53.2 Å². The Bertz CT molecular complexity index is 2310. The van der Waals surface area contributed by atoms with Crippen LogP contribution >= 0.6 is 0 Å². The molecular weight excluding hydrogens is 1040 g/mol. The van der Waals surface area contributed by atoms with E-state index >= 15 is 0 Å². The molecule has 23 N–H and O–H groups in total. The number of nitrogens with zero attached hydrogens (tertiary/aromatic N) is 2. The lowest BCUT2D eigenvalue weighted by Crippen LogP contribution is -2.62. The molecule has 442 valence electrons. The summed E-state index contributed by atoms with van der Waals surface area (Å²) < 4.78 is 0. The summed E-state index contributed by atoms with van der Waals surface area (Å²) in [6, 6.07) is -5.97. The standard InChI is InChI=1S/C48H80N16O15/c1-23(2)17-30(41(73)60-29(46(78)79)10-8-16-55-48(52)53)58-35(68)21-57-40(72)31(18-26-11-13-27(66)14-12-26)61-44(76)37(24(3)4)64-45(77)38(25(5)6)63-43(75)33(22-65)62-42(74)32(19-36(69)70)59-34(67)20-56-39(71)28(49)9-7-15-54-47(50)51/h11-14,23-25,28-33,37-38,65-66H,7-10,15-22,49H2,1-6H3,(H,56,71)(H,57,72)(H,58,68)(H,59,67)(H,60,73)(H,61,76)(H,62,74)(H,63,75)(H,64,77)(H,69,70)(H,78,79)(H4,50,51,54)(H4,52,53,55)/t28-,29-,30-,31-,32-,33-,37-,38-/m0/s1. The molecule has 0 saturated carbocycles. The third-order valence-corrected chi connectivity index (χ3v) is 11.4. The minimum Gasteiger partial charge on any atom is -0.508 e. The summed E-state index contributed by atoms with van der Waals surface area (Å²) in [5.74, 6) is -13.4. The molecule has 0 aromatic heterocycles. The maximum Gasteiger partial charge on any atom is 0.326 e. The molecule has 0 aliphatic carbocycles.